The normalized spacial score (nSPS) is 11.0. The Morgan fingerprint density at radius 2 is 1.40 bits per heavy atom. The van der Waals surface area contributed by atoms with E-state index in [1.165, 1.54) is 0 Å². The van der Waals surface area contributed by atoms with E-state index >= 15 is 0 Å². The highest BCUT2D eigenvalue weighted by atomic mass is 32.1. The lowest BCUT2D eigenvalue weighted by atomic mass is 9.99. The summed E-state index contributed by atoms with van der Waals surface area (Å²) in [6.07, 6.45) is 0.814. The molecule has 2 aromatic heterocycles. The van der Waals surface area contributed by atoms with Crippen molar-refractivity contribution in [1.82, 2.24) is 14.8 Å². The van der Waals surface area contributed by atoms with Gasteiger partial charge in [-0.15, -0.1) is 0 Å². The van der Waals surface area contributed by atoms with Crippen LogP contribution in [-0.2, 0) is 6.42 Å². The molecule has 2 heterocycles. The van der Waals surface area contributed by atoms with Crippen molar-refractivity contribution in [2.45, 2.75) is 20.3 Å². The number of hydrogen-bond acceptors (Lipinski definition) is 5. The maximum absolute atomic E-state index is 5.54. The molecular formula is C29H27N3O2S. The van der Waals surface area contributed by atoms with E-state index in [9.17, 15) is 0 Å². The number of rotatable bonds is 7. The molecule has 0 spiro atoms. The Morgan fingerprint density at radius 3 is 2.06 bits per heavy atom. The van der Waals surface area contributed by atoms with Crippen molar-refractivity contribution in [2.75, 3.05) is 14.2 Å². The van der Waals surface area contributed by atoms with Crippen molar-refractivity contribution in [3.63, 3.8) is 0 Å². The summed E-state index contributed by atoms with van der Waals surface area (Å²) in [5.41, 5.74) is 7.25. The van der Waals surface area contributed by atoms with Crippen LogP contribution in [-0.4, -0.2) is 29.0 Å². The molecule has 35 heavy (non-hydrogen) atoms. The number of thiazole rings is 1. The molecule has 5 nitrogen and oxygen atoms in total. The quantitative estimate of drug-likeness (QED) is 0.246. The van der Waals surface area contributed by atoms with Crippen molar-refractivity contribution < 1.29 is 9.47 Å². The van der Waals surface area contributed by atoms with E-state index in [-0.39, 0.29) is 0 Å². The maximum atomic E-state index is 5.54. The Labute approximate surface area is 209 Å². The number of benzene rings is 3. The third kappa shape index (κ3) is 4.33. The lowest BCUT2D eigenvalue weighted by Crippen LogP contribution is -2.00. The van der Waals surface area contributed by atoms with Gasteiger partial charge in [0.1, 0.15) is 11.5 Å². The first-order chi connectivity index (χ1) is 17.1. The molecule has 0 saturated carbocycles. The molecule has 0 aliphatic carbocycles. The van der Waals surface area contributed by atoms with Crippen LogP contribution in [0, 0.1) is 6.92 Å². The van der Waals surface area contributed by atoms with Gasteiger partial charge in [0.2, 0.25) is 5.13 Å². The summed E-state index contributed by atoms with van der Waals surface area (Å²) in [6.45, 7) is 4.28. The smallest absolute Gasteiger partial charge is 0.211 e. The van der Waals surface area contributed by atoms with Crippen molar-refractivity contribution in [2.24, 2.45) is 0 Å². The van der Waals surface area contributed by atoms with Gasteiger partial charge in [0, 0.05) is 27.1 Å². The Kier molecular flexibility index (Phi) is 6.38. The molecule has 0 amide bonds. The van der Waals surface area contributed by atoms with Gasteiger partial charge in [-0.25, -0.2) is 9.67 Å². The summed E-state index contributed by atoms with van der Waals surface area (Å²) in [5, 5.41) is 5.98. The predicted molar refractivity (Wildman–Crippen MR) is 143 cm³/mol. The fourth-order valence-electron chi connectivity index (χ4n) is 4.33. The molecule has 0 bridgehead atoms. The van der Waals surface area contributed by atoms with E-state index < -0.39 is 0 Å². The fraction of sp³-hybridized carbons (Fsp3) is 0.172. The van der Waals surface area contributed by atoms with Crippen LogP contribution in [0.25, 0.3) is 38.9 Å². The average Bonchev–Trinajstić information content (AvgIpc) is 3.49. The van der Waals surface area contributed by atoms with Crippen LogP contribution in [0.5, 0.6) is 11.5 Å². The van der Waals surface area contributed by atoms with Gasteiger partial charge >= 0.3 is 0 Å². The van der Waals surface area contributed by atoms with Gasteiger partial charge in [-0.05, 0) is 37.6 Å². The molecule has 3 aromatic carbocycles. The highest BCUT2D eigenvalue weighted by molar-refractivity contribution is 7.14. The van der Waals surface area contributed by atoms with E-state index in [1.807, 2.05) is 53.2 Å². The second-order valence-corrected chi connectivity index (χ2v) is 9.35. The summed E-state index contributed by atoms with van der Waals surface area (Å²) < 4.78 is 13.0. The molecule has 0 aliphatic heterocycles. The number of aromatic nitrogens is 3. The van der Waals surface area contributed by atoms with E-state index in [2.05, 4.69) is 44.2 Å². The largest absolute Gasteiger partial charge is 0.497 e. The molecule has 6 heteroatoms. The zero-order valence-electron chi connectivity index (χ0n) is 20.3. The third-order valence-corrected chi connectivity index (χ3v) is 6.98. The van der Waals surface area contributed by atoms with Crippen LogP contribution < -0.4 is 9.47 Å². The molecular weight excluding hydrogens is 454 g/mol. The fourth-order valence-corrected chi connectivity index (χ4v) is 5.22. The van der Waals surface area contributed by atoms with Gasteiger partial charge in [0.25, 0.3) is 0 Å². The van der Waals surface area contributed by atoms with E-state index in [0.29, 0.717) is 0 Å². The summed E-state index contributed by atoms with van der Waals surface area (Å²) in [6, 6.07) is 26.5. The monoisotopic (exact) mass is 481 g/mol. The molecule has 0 unspecified atom stereocenters. The number of hydrogen-bond donors (Lipinski definition) is 0. The summed E-state index contributed by atoms with van der Waals surface area (Å²) in [5.74, 6) is 1.61. The summed E-state index contributed by atoms with van der Waals surface area (Å²) in [7, 11) is 3.37. The van der Waals surface area contributed by atoms with Crippen LogP contribution in [0.1, 0.15) is 17.4 Å². The SMILES string of the molecule is CCc1c(-c2cccc(OC)c2)nn(-c2nc(-c3ccccc3)c(C)s2)c1-c1cccc(OC)c1. The Morgan fingerprint density at radius 1 is 0.771 bits per heavy atom. The lowest BCUT2D eigenvalue weighted by molar-refractivity contribution is 0.415. The van der Waals surface area contributed by atoms with E-state index in [4.69, 9.17) is 19.6 Å². The highest BCUT2D eigenvalue weighted by Crippen LogP contribution is 2.39. The Hall–Kier alpha value is -3.90. The molecule has 0 fully saturated rings. The zero-order chi connectivity index (χ0) is 24.4. The average molecular weight is 482 g/mol. The van der Waals surface area contributed by atoms with Gasteiger partial charge in [-0.3, -0.25) is 0 Å². The minimum atomic E-state index is 0.804. The highest BCUT2D eigenvalue weighted by Gasteiger charge is 2.23. The molecule has 0 saturated heterocycles. The first kappa shape index (κ1) is 22.9. The molecule has 0 atom stereocenters. The van der Waals surface area contributed by atoms with Gasteiger partial charge < -0.3 is 9.47 Å². The van der Waals surface area contributed by atoms with Crippen LogP contribution in [0.3, 0.4) is 0 Å². The van der Waals surface area contributed by atoms with Gasteiger partial charge in [0.15, 0.2) is 0 Å². The first-order valence-electron chi connectivity index (χ1n) is 11.6. The first-order valence-corrected chi connectivity index (χ1v) is 12.4. The van der Waals surface area contributed by atoms with Gasteiger partial charge in [-0.2, -0.15) is 5.10 Å². The molecule has 5 aromatic rings. The lowest BCUT2D eigenvalue weighted by Gasteiger charge is -2.09. The molecule has 0 aliphatic rings. The number of methoxy groups -OCH3 is 2. The number of nitrogens with zero attached hydrogens (tertiary/aromatic N) is 3. The number of ether oxygens (including phenoxy) is 2. The van der Waals surface area contributed by atoms with Crippen molar-refractivity contribution in [3.05, 3.63) is 89.3 Å². The van der Waals surface area contributed by atoms with Crippen LogP contribution >= 0.6 is 11.3 Å². The van der Waals surface area contributed by atoms with Crippen LogP contribution in [0.15, 0.2) is 78.9 Å². The van der Waals surface area contributed by atoms with Crippen molar-refractivity contribution in [1.29, 1.82) is 0 Å². The Bertz CT molecular complexity index is 1470. The Balaban J connectivity index is 1.76. The second-order valence-electron chi connectivity index (χ2n) is 8.17. The minimum Gasteiger partial charge on any atom is -0.497 e. The third-order valence-electron chi connectivity index (χ3n) is 6.04. The van der Waals surface area contributed by atoms with Crippen molar-refractivity contribution >= 4 is 11.3 Å². The molecule has 176 valence electrons. The van der Waals surface area contributed by atoms with E-state index in [1.54, 1.807) is 25.6 Å². The molecule has 0 N–H and O–H groups in total. The summed E-state index contributed by atoms with van der Waals surface area (Å²) in [4.78, 5) is 6.21. The van der Waals surface area contributed by atoms with Gasteiger partial charge in [-0.1, -0.05) is 72.9 Å². The molecule has 0 radical (unpaired) electrons. The zero-order valence-corrected chi connectivity index (χ0v) is 21.1. The number of aryl methyl sites for hydroxylation is 1. The van der Waals surface area contributed by atoms with Crippen LogP contribution in [0.2, 0.25) is 0 Å². The molecule has 5 rings (SSSR count). The summed E-state index contributed by atoms with van der Waals surface area (Å²) >= 11 is 1.65. The van der Waals surface area contributed by atoms with Gasteiger partial charge in [0.05, 0.1) is 31.3 Å². The topological polar surface area (TPSA) is 49.2 Å². The predicted octanol–water partition coefficient (Wildman–Crippen LogP) is 7.22. The van der Waals surface area contributed by atoms with E-state index in [0.717, 1.165) is 67.3 Å². The van der Waals surface area contributed by atoms with Crippen molar-refractivity contribution in [3.8, 4) is 50.4 Å². The maximum Gasteiger partial charge on any atom is 0.211 e. The minimum absolute atomic E-state index is 0.804. The second kappa shape index (κ2) is 9.76. The van der Waals surface area contributed by atoms with Crippen LogP contribution in [0.4, 0.5) is 0 Å². The standard InChI is InChI=1S/C29H27N3O2S/c1-5-25-27(21-13-9-15-23(17-21)33-3)31-32(28(25)22-14-10-16-24(18-22)34-4)29-30-26(19(2)35-29)20-11-7-6-8-12-20/h6-18H,5H2,1-4H3.